The Hall–Kier alpha value is -1.29. The molecule has 0 aliphatic carbocycles. The number of thiophene rings is 1. The largest absolute Gasteiger partial charge is 0.319 e. The molecule has 0 atom stereocenters. The fourth-order valence-electron chi connectivity index (χ4n) is 2.22. The van der Waals surface area contributed by atoms with Gasteiger partial charge < -0.3 is 5.32 Å². The minimum Gasteiger partial charge on any atom is -0.319 e. The summed E-state index contributed by atoms with van der Waals surface area (Å²) in [6.07, 6.45) is 1.07. The molecular formula is C17H17NS2. The van der Waals surface area contributed by atoms with Crippen molar-refractivity contribution in [3.8, 4) is 0 Å². The Morgan fingerprint density at radius 1 is 1.00 bits per heavy atom. The van der Waals surface area contributed by atoms with Gasteiger partial charge in [-0.3, -0.25) is 0 Å². The monoisotopic (exact) mass is 299 g/mol. The molecule has 0 saturated carbocycles. The Bertz CT molecular complexity index is 703. The molecule has 1 N–H and O–H groups in total. The Labute approximate surface area is 128 Å². The van der Waals surface area contributed by atoms with Crippen LogP contribution in [-0.4, -0.2) is 13.6 Å². The predicted molar refractivity (Wildman–Crippen MR) is 90.0 cm³/mol. The Morgan fingerprint density at radius 2 is 1.80 bits per heavy atom. The lowest BCUT2D eigenvalue weighted by Gasteiger charge is -2.08. The molecule has 0 fully saturated rings. The summed E-state index contributed by atoms with van der Waals surface area (Å²) in [5.41, 5.74) is 1.42. The van der Waals surface area contributed by atoms with Crippen LogP contribution in [0.4, 0.5) is 0 Å². The van der Waals surface area contributed by atoms with Gasteiger partial charge in [-0.25, -0.2) is 0 Å². The minimum atomic E-state index is 1.02. The van der Waals surface area contributed by atoms with Gasteiger partial charge in [-0.2, -0.15) is 0 Å². The first-order valence-electron chi connectivity index (χ1n) is 6.75. The van der Waals surface area contributed by atoms with Crippen LogP contribution >= 0.6 is 23.1 Å². The van der Waals surface area contributed by atoms with Crippen molar-refractivity contribution in [2.45, 2.75) is 16.2 Å². The zero-order chi connectivity index (χ0) is 13.8. The molecule has 0 amide bonds. The molecule has 0 saturated heterocycles. The van der Waals surface area contributed by atoms with E-state index in [2.05, 4.69) is 59.2 Å². The molecule has 1 aromatic heterocycles. The SMILES string of the molecule is CNCCc1ccccc1Sc1csc2ccccc12. The zero-order valence-electron chi connectivity index (χ0n) is 11.4. The molecule has 0 unspecified atom stereocenters. The van der Waals surface area contributed by atoms with Crippen LogP contribution in [0.3, 0.4) is 0 Å². The van der Waals surface area contributed by atoms with Crippen LogP contribution in [0.2, 0.25) is 0 Å². The first kappa shape index (κ1) is 13.7. The molecule has 3 rings (SSSR count). The van der Waals surface area contributed by atoms with Crippen molar-refractivity contribution in [3.05, 3.63) is 59.5 Å². The lowest BCUT2D eigenvalue weighted by Crippen LogP contribution is -2.10. The molecule has 0 aliphatic rings. The van der Waals surface area contributed by atoms with Crippen molar-refractivity contribution in [3.63, 3.8) is 0 Å². The normalized spacial score (nSPS) is 11.1. The highest BCUT2D eigenvalue weighted by Crippen LogP contribution is 2.38. The number of nitrogens with one attached hydrogen (secondary N) is 1. The van der Waals surface area contributed by atoms with Gasteiger partial charge in [0, 0.05) is 25.3 Å². The van der Waals surface area contributed by atoms with E-state index in [1.165, 1.54) is 25.4 Å². The molecule has 3 aromatic rings. The van der Waals surface area contributed by atoms with E-state index < -0.39 is 0 Å². The van der Waals surface area contributed by atoms with Crippen molar-refractivity contribution < 1.29 is 0 Å². The van der Waals surface area contributed by atoms with Crippen molar-refractivity contribution in [2.75, 3.05) is 13.6 Å². The summed E-state index contributed by atoms with van der Waals surface area (Å²) in [5.74, 6) is 0. The van der Waals surface area contributed by atoms with Crippen molar-refractivity contribution in [1.82, 2.24) is 5.32 Å². The number of likely N-dealkylation sites (N-methyl/N-ethyl adjacent to an activating group) is 1. The molecule has 102 valence electrons. The Morgan fingerprint density at radius 3 is 2.70 bits per heavy atom. The van der Waals surface area contributed by atoms with Crippen LogP contribution in [0, 0.1) is 0 Å². The summed E-state index contributed by atoms with van der Waals surface area (Å²) < 4.78 is 1.36. The van der Waals surface area contributed by atoms with Gasteiger partial charge in [0.2, 0.25) is 0 Å². The average molecular weight is 299 g/mol. The topological polar surface area (TPSA) is 12.0 Å². The fourth-order valence-corrected chi connectivity index (χ4v) is 4.42. The van der Waals surface area contributed by atoms with Crippen molar-refractivity contribution >= 4 is 33.2 Å². The van der Waals surface area contributed by atoms with Crippen LogP contribution in [0.1, 0.15) is 5.56 Å². The van der Waals surface area contributed by atoms with E-state index in [0.29, 0.717) is 0 Å². The first-order valence-corrected chi connectivity index (χ1v) is 8.44. The zero-order valence-corrected chi connectivity index (χ0v) is 13.1. The van der Waals surface area contributed by atoms with Gasteiger partial charge in [0.25, 0.3) is 0 Å². The number of hydrogen-bond acceptors (Lipinski definition) is 3. The van der Waals surface area contributed by atoms with Gasteiger partial charge in [0.1, 0.15) is 0 Å². The van der Waals surface area contributed by atoms with Gasteiger partial charge >= 0.3 is 0 Å². The molecule has 2 aromatic carbocycles. The maximum Gasteiger partial charge on any atom is 0.0354 e. The molecule has 1 nitrogen and oxygen atoms in total. The van der Waals surface area contributed by atoms with Gasteiger partial charge in [-0.1, -0.05) is 48.2 Å². The Balaban J connectivity index is 1.91. The van der Waals surface area contributed by atoms with Gasteiger partial charge in [-0.05, 0) is 37.7 Å². The van der Waals surface area contributed by atoms with Gasteiger partial charge in [-0.15, -0.1) is 11.3 Å². The second-order valence-corrected chi connectivity index (χ2v) is 6.65. The van der Waals surface area contributed by atoms with E-state index in [1.54, 1.807) is 0 Å². The van der Waals surface area contributed by atoms with Crippen molar-refractivity contribution in [2.24, 2.45) is 0 Å². The maximum absolute atomic E-state index is 3.22. The van der Waals surface area contributed by atoms with E-state index in [4.69, 9.17) is 0 Å². The smallest absolute Gasteiger partial charge is 0.0354 e. The van der Waals surface area contributed by atoms with E-state index in [0.717, 1.165) is 13.0 Å². The summed E-state index contributed by atoms with van der Waals surface area (Å²) in [4.78, 5) is 2.73. The van der Waals surface area contributed by atoms with E-state index in [1.807, 2.05) is 30.1 Å². The second-order valence-electron chi connectivity index (χ2n) is 4.66. The summed E-state index contributed by atoms with van der Waals surface area (Å²) in [6.45, 7) is 1.02. The van der Waals surface area contributed by atoms with E-state index in [9.17, 15) is 0 Å². The van der Waals surface area contributed by atoms with E-state index in [-0.39, 0.29) is 0 Å². The van der Waals surface area contributed by atoms with Crippen molar-refractivity contribution in [1.29, 1.82) is 0 Å². The molecule has 0 aliphatic heterocycles. The summed E-state index contributed by atoms with van der Waals surface area (Å²) in [6, 6.07) is 17.3. The quantitative estimate of drug-likeness (QED) is 0.725. The van der Waals surface area contributed by atoms with Crippen LogP contribution in [0.25, 0.3) is 10.1 Å². The molecule has 0 bridgehead atoms. The third-order valence-electron chi connectivity index (χ3n) is 3.28. The van der Waals surface area contributed by atoms with Crippen LogP contribution in [-0.2, 0) is 6.42 Å². The highest BCUT2D eigenvalue weighted by Gasteiger charge is 2.08. The fraction of sp³-hybridized carbons (Fsp3) is 0.176. The number of benzene rings is 2. The summed E-state index contributed by atoms with van der Waals surface area (Å²) in [5, 5.41) is 6.86. The third kappa shape index (κ3) is 2.90. The molecule has 1 heterocycles. The van der Waals surface area contributed by atoms with Gasteiger partial charge in [0.15, 0.2) is 0 Å². The number of fused-ring (bicyclic) bond motifs is 1. The average Bonchev–Trinajstić information content (AvgIpc) is 2.90. The van der Waals surface area contributed by atoms with Crippen LogP contribution in [0.15, 0.2) is 63.7 Å². The molecule has 3 heteroatoms. The highest BCUT2D eigenvalue weighted by atomic mass is 32.2. The molecular weight excluding hydrogens is 282 g/mol. The second kappa shape index (κ2) is 6.44. The lowest BCUT2D eigenvalue weighted by atomic mass is 10.1. The standard InChI is InChI=1S/C17H17NS2/c1-18-11-10-13-6-2-4-8-15(13)20-17-12-19-16-9-5-3-7-14(16)17/h2-9,12,18H,10-11H2,1H3. The molecule has 20 heavy (non-hydrogen) atoms. The molecule has 0 radical (unpaired) electrons. The van der Waals surface area contributed by atoms with Crippen LogP contribution < -0.4 is 5.32 Å². The number of rotatable bonds is 5. The minimum absolute atomic E-state index is 1.02. The lowest BCUT2D eigenvalue weighted by molar-refractivity contribution is 0.783. The summed E-state index contributed by atoms with van der Waals surface area (Å²) >= 11 is 3.71. The van der Waals surface area contributed by atoms with E-state index >= 15 is 0 Å². The Kier molecular flexibility index (Phi) is 4.41. The number of hydrogen-bond donors (Lipinski definition) is 1. The van der Waals surface area contributed by atoms with Crippen LogP contribution in [0.5, 0.6) is 0 Å². The third-order valence-corrected chi connectivity index (χ3v) is 5.57. The highest BCUT2D eigenvalue weighted by molar-refractivity contribution is 7.99. The predicted octanol–water partition coefficient (Wildman–Crippen LogP) is 4.81. The first-order chi connectivity index (χ1) is 9.88. The summed E-state index contributed by atoms with van der Waals surface area (Å²) in [7, 11) is 2.00. The van der Waals surface area contributed by atoms with Gasteiger partial charge in [0.05, 0.1) is 0 Å². The molecule has 0 spiro atoms. The maximum atomic E-state index is 3.22.